The highest BCUT2D eigenvalue weighted by Crippen LogP contribution is 1.83. The molecule has 0 aromatic heterocycles. The van der Waals surface area contributed by atoms with Gasteiger partial charge in [0, 0.05) is 6.92 Å². The van der Waals surface area contributed by atoms with Gasteiger partial charge in [0.2, 0.25) is 6.04 Å². The number of hydrogen-bond donors (Lipinski definition) is 2. The third-order valence-electron chi connectivity index (χ3n) is 0.806. The summed E-state index contributed by atoms with van der Waals surface area (Å²) in [5.74, 6) is 0. The summed E-state index contributed by atoms with van der Waals surface area (Å²) in [5, 5.41) is 20.3. The second-order valence-corrected chi connectivity index (χ2v) is 1.48. The molecule has 0 aromatic carbocycles. The van der Waals surface area contributed by atoms with Gasteiger partial charge in [-0.1, -0.05) is 4.86 Å². The lowest BCUT2D eigenvalue weighted by Gasteiger charge is -2.02. The molecule has 48 valence electrons. The molecule has 5 nitrogen and oxygen atoms in total. The summed E-state index contributed by atoms with van der Waals surface area (Å²) < 4.78 is 0. The van der Waals surface area contributed by atoms with Crippen LogP contribution in [0.3, 0.4) is 0 Å². The molecule has 5 heteroatoms. The molecule has 0 bridgehead atoms. The number of hydroxylamine groups is 1. The van der Waals surface area contributed by atoms with Crippen LogP contribution in [0.2, 0.25) is 0 Å². The van der Waals surface area contributed by atoms with Crippen LogP contribution in [0.25, 0.3) is 0 Å². The predicted molar refractivity (Wildman–Crippen MR) is 26.4 cm³/mol. The van der Waals surface area contributed by atoms with E-state index in [0.717, 1.165) is 0 Å². The highest BCUT2D eigenvalue weighted by Gasteiger charge is 2.05. The van der Waals surface area contributed by atoms with Crippen LogP contribution in [0.4, 0.5) is 0 Å². The molecular weight excluding hydrogens is 110 g/mol. The Bertz CT molecular complexity index is 92.5. The average molecular weight is 119 g/mol. The van der Waals surface area contributed by atoms with Gasteiger partial charge in [0.05, 0.1) is 6.54 Å². The molecule has 1 unspecified atom stereocenters. The molecule has 8 heavy (non-hydrogen) atoms. The van der Waals surface area contributed by atoms with E-state index in [1.54, 1.807) is 6.92 Å². The van der Waals surface area contributed by atoms with Crippen LogP contribution in [0.1, 0.15) is 6.92 Å². The quantitative estimate of drug-likeness (QED) is 0.297. The summed E-state index contributed by atoms with van der Waals surface area (Å²) in [7, 11) is 0. The van der Waals surface area contributed by atoms with Gasteiger partial charge in [-0.3, -0.25) is 0 Å². The first kappa shape index (κ1) is 7.16. The first-order valence-electron chi connectivity index (χ1n) is 2.23. The molecule has 1 atom stereocenters. The van der Waals surface area contributed by atoms with Crippen molar-refractivity contribution in [3.8, 4) is 0 Å². The van der Waals surface area contributed by atoms with Crippen molar-refractivity contribution in [3.05, 3.63) is 5.21 Å². The van der Waals surface area contributed by atoms with E-state index in [0.29, 0.717) is 0 Å². The molecular formula is C3H9N3O2. The van der Waals surface area contributed by atoms with Gasteiger partial charge in [0.25, 0.3) is 0 Å². The van der Waals surface area contributed by atoms with E-state index in [-0.39, 0.29) is 11.4 Å². The molecule has 0 spiro atoms. The summed E-state index contributed by atoms with van der Waals surface area (Å²) in [6.45, 7) is 1.75. The summed E-state index contributed by atoms with van der Waals surface area (Å²) in [4.78, 5) is 0.153. The van der Waals surface area contributed by atoms with Crippen LogP contribution in [0.15, 0.2) is 5.28 Å². The zero-order chi connectivity index (χ0) is 6.57. The normalized spacial score (nSPS) is 16.0. The Kier molecular flexibility index (Phi) is 2.86. The van der Waals surface area contributed by atoms with Crippen LogP contribution in [0, 0.1) is 5.21 Å². The molecule has 0 aliphatic carbocycles. The molecule has 0 radical (unpaired) electrons. The van der Waals surface area contributed by atoms with Gasteiger partial charge >= 0.3 is 0 Å². The molecule has 0 saturated heterocycles. The maximum Gasteiger partial charge on any atom is 0.202 e. The molecule has 0 rings (SSSR count). The second-order valence-electron chi connectivity index (χ2n) is 1.48. The maximum atomic E-state index is 10.2. The smallest absolute Gasteiger partial charge is 0.202 e. The van der Waals surface area contributed by atoms with E-state index in [2.05, 4.69) is 5.28 Å². The van der Waals surface area contributed by atoms with Crippen molar-refractivity contribution in [2.75, 3.05) is 6.54 Å². The van der Waals surface area contributed by atoms with E-state index >= 15 is 0 Å². The summed E-state index contributed by atoms with van der Waals surface area (Å²) in [6, 6.07) is -0.444. The topological polar surface area (TPSA) is 84.7 Å². The van der Waals surface area contributed by atoms with Crippen molar-refractivity contribution < 1.29 is 10.1 Å². The lowest BCUT2D eigenvalue weighted by atomic mass is 10.4. The van der Waals surface area contributed by atoms with Crippen molar-refractivity contribution in [2.45, 2.75) is 13.0 Å². The van der Waals surface area contributed by atoms with Crippen LogP contribution in [-0.2, 0) is 0 Å². The minimum Gasteiger partial charge on any atom is -0.597 e. The van der Waals surface area contributed by atoms with Crippen molar-refractivity contribution in [2.24, 2.45) is 11.0 Å². The summed E-state index contributed by atoms with van der Waals surface area (Å²) in [5.41, 5.74) is 5.04. The van der Waals surface area contributed by atoms with Crippen LogP contribution >= 0.6 is 0 Å². The Morgan fingerprint density at radius 3 is 2.62 bits per heavy atom. The first-order chi connectivity index (χ1) is 3.72. The van der Waals surface area contributed by atoms with Gasteiger partial charge in [-0.05, 0) is 0 Å². The van der Waals surface area contributed by atoms with Gasteiger partial charge in [-0.25, -0.2) is 0 Å². The van der Waals surface area contributed by atoms with Gasteiger partial charge in [0.1, 0.15) is 0 Å². The summed E-state index contributed by atoms with van der Waals surface area (Å²) >= 11 is 0. The van der Waals surface area contributed by atoms with Crippen molar-refractivity contribution in [1.82, 2.24) is 0 Å². The molecule has 0 heterocycles. The van der Waals surface area contributed by atoms with E-state index in [4.69, 9.17) is 10.9 Å². The lowest BCUT2D eigenvalue weighted by Crippen LogP contribution is -2.25. The zero-order valence-electron chi connectivity index (χ0n) is 4.61. The van der Waals surface area contributed by atoms with Crippen molar-refractivity contribution in [1.29, 1.82) is 0 Å². The van der Waals surface area contributed by atoms with E-state index < -0.39 is 6.04 Å². The largest absolute Gasteiger partial charge is 0.597 e. The number of nitrogens with two attached hydrogens (primary N) is 1. The minimum absolute atomic E-state index is 0.153. The van der Waals surface area contributed by atoms with Gasteiger partial charge in [0.15, 0.2) is 5.28 Å². The molecule has 0 aliphatic rings. The Balaban J connectivity index is 3.63. The van der Waals surface area contributed by atoms with Gasteiger partial charge < -0.3 is 16.1 Å². The minimum atomic E-state index is -0.444. The molecule has 3 N–H and O–H groups in total. The monoisotopic (exact) mass is 119 g/mol. The standard InChI is InChI=1S/C3H9N3O2/c1-3(2-4)6(8)5-7/h3,7H,2,4H2,1H3. The number of hydrogen-bond acceptors (Lipinski definition) is 3. The SMILES string of the molecule is CC(CN)[N+]([O-])=NO. The molecule has 0 aromatic rings. The lowest BCUT2D eigenvalue weighted by molar-refractivity contribution is -0.585. The highest BCUT2D eigenvalue weighted by atomic mass is 16.6. The van der Waals surface area contributed by atoms with Crippen LogP contribution in [0.5, 0.6) is 0 Å². The second kappa shape index (κ2) is 3.20. The van der Waals surface area contributed by atoms with Crippen LogP contribution < -0.4 is 5.73 Å². The van der Waals surface area contributed by atoms with Crippen LogP contribution in [-0.4, -0.2) is 22.7 Å². The molecule has 0 fully saturated rings. The predicted octanol–water partition coefficient (Wildman–Crippen LogP) is -0.315. The summed E-state index contributed by atoms with van der Waals surface area (Å²) in [6.07, 6.45) is 0. The molecule has 0 aliphatic heterocycles. The number of nitrogens with zero attached hydrogens (tertiary/aromatic N) is 2. The van der Waals surface area contributed by atoms with Gasteiger partial charge in [-0.15, -0.1) is 0 Å². The van der Waals surface area contributed by atoms with Gasteiger partial charge in [-0.2, -0.15) is 0 Å². The maximum absolute atomic E-state index is 10.2. The number of rotatable bonds is 2. The fraction of sp³-hybridized carbons (Fsp3) is 1.00. The Morgan fingerprint density at radius 1 is 2.00 bits per heavy atom. The fourth-order valence-electron chi connectivity index (χ4n) is 0.178. The van der Waals surface area contributed by atoms with Crippen molar-refractivity contribution in [3.63, 3.8) is 0 Å². The van der Waals surface area contributed by atoms with Crippen molar-refractivity contribution >= 4 is 0 Å². The Labute approximate surface area is 47.0 Å². The third-order valence-corrected chi connectivity index (χ3v) is 0.806. The van der Waals surface area contributed by atoms with E-state index in [1.807, 2.05) is 0 Å². The fourth-order valence-corrected chi connectivity index (χ4v) is 0.178. The Morgan fingerprint density at radius 2 is 2.50 bits per heavy atom. The Hall–Kier alpha value is -0.840. The third kappa shape index (κ3) is 1.74. The molecule has 0 amide bonds. The highest BCUT2D eigenvalue weighted by molar-refractivity contribution is 4.43. The average Bonchev–Trinajstić information content (AvgIpc) is 1.84. The first-order valence-corrected chi connectivity index (χ1v) is 2.23. The zero-order valence-corrected chi connectivity index (χ0v) is 4.61. The van der Waals surface area contributed by atoms with E-state index in [9.17, 15) is 5.21 Å². The molecule has 0 saturated carbocycles. The van der Waals surface area contributed by atoms with E-state index in [1.165, 1.54) is 0 Å².